The first-order valence-corrected chi connectivity index (χ1v) is 12.0. The number of nitrogens with one attached hydrogen (secondary N) is 1. The van der Waals surface area contributed by atoms with Crippen molar-refractivity contribution in [1.29, 1.82) is 0 Å². The van der Waals surface area contributed by atoms with Crippen molar-refractivity contribution in [3.63, 3.8) is 0 Å². The fourth-order valence-electron chi connectivity index (χ4n) is 3.90. The third-order valence-corrected chi connectivity index (χ3v) is 6.68. The zero-order valence-corrected chi connectivity index (χ0v) is 20.1. The Bertz CT molecular complexity index is 1250. The molecule has 3 aromatic rings. The van der Waals surface area contributed by atoms with Gasteiger partial charge in [0.1, 0.15) is 0 Å². The first-order chi connectivity index (χ1) is 16.2. The Labute approximate surface area is 200 Å². The quantitative estimate of drug-likeness (QED) is 0.289. The van der Waals surface area contributed by atoms with Gasteiger partial charge in [0.25, 0.3) is 11.6 Å². The predicted octanol–water partition coefficient (Wildman–Crippen LogP) is 5.26. The number of non-ortho nitro benzene ring substituents is 1. The van der Waals surface area contributed by atoms with Crippen molar-refractivity contribution in [2.45, 2.75) is 39.7 Å². The van der Waals surface area contributed by atoms with Crippen molar-refractivity contribution in [3.05, 3.63) is 57.6 Å². The molecule has 0 saturated carbocycles. The lowest BCUT2D eigenvalue weighted by Crippen LogP contribution is -2.34. The van der Waals surface area contributed by atoms with Gasteiger partial charge in [-0.1, -0.05) is 18.3 Å². The number of nitro benzene ring substituents is 1. The summed E-state index contributed by atoms with van der Waals surface area (Å²) in [6.45, 7) is 7.33. The number of carbonyl (C=O) groups excluding carboxylic acids is 2. The second-order valence-electron chi connectivity index (χ2n) is 8.74. The maximum atomic E-state index is 13.2. The maximum Gasteiger partial charge on any atom is 0.338 e. The zero-order valence-electron chi connectivity index (χ0n) is 19.2. The standard InChI is InChI=1S/C24H26N4O5S/c1-14(2)33-23(30)16-4-6-19-21(12-16)34-24(25-19)26-22(29)18-13-17(28(31)32)5-7-20(18)27-10-8-15(3)9-11-27/h4-7,12-15H,8-11H2,1-3H3,(H,25,26,29). The van der Waals surface area contributed by atoms with E-state index in [1.807, 2.05) is 0 Å². The van der Waals surface area contributed by atoms with Crippen molar-refractivity contribution < 1.29 is 19.2 Å². The SMILES string of the molecule is CC1CCN(c2ccc([N+](=O)[O-])cc2C(=O)Nc2nc3ccc(C(=O)OC(C)C)cc3s2)CC1. The van der Waals surface area contributed by atoms with Gasteiger partial charge in [0.15, 0.2) is 5.13 Å². The second kappa shape index (κ2) is 9.76. The normalized spacial score (nSPS) is 14.4. The molecule has 1 amide bonds. The number of aromatic nitrogens is 1. The summed E-state index contributed by atoms with van der Waals surface area (Å²) >= 11 is 1.22. The van der Waals surface area contributed by atoms with Gasteiger partial charge in [-0.2, -0.15) is 0 Å². The van der Waals surface area contributed by atoms with Gasteiger partial charge < -0.3 is 9.64 Å². The third kappa shape index (κ3) is 5.17. The molecule has 0 bridgehead atoms. The van der Waals surface area contributed by atoms with E-state index in [1.165, 1.54) is 23.5 Å². The van der Waals surface area contributed by atoms with Crippen LogP contribution in [0.2, 0.25) is 0 Å². The molecule has 4 rings (SSSR count). The number of piperidine rings is 1. The molecule has 2 aromatic carbocycles. The number of esters is 1. The molecule has 1 fully saturated rings. The molecule has 34 heavy (non-hydrogen) atoms. The highest BCUT2D eigenvalue weighted by Gasteiger charge is 2.24. The van der Waals surface area contributed by atoms with Crippen LogP contribution in [0.1, 0.15) is 54.3 Å². The van der Waals surface area contributed by atoms with Crippen molar-refractivity contribution in [2.75, 3.05) is 23.3 Å². The molecule has 0 radical (unpaired) electrons. The van der Waals surface area contributed by atoms with Gasteiger partial charge in [0.05, 0.1) is 38.1 Å². The number of benzene rings is 2. The number of thiazole rings is 1. The van der Waals surface area contributed by atoms with Crippen LogP contribution in [0.25, 0.3) is 10.2 Å². The zero-order chi connectivity index (χ0) is 24.4. The van der Waals surface area contributed by atoms with Gasteiger partial charge in [0.2, 0.25) is 0 Å². The number of nitrogens with zero attached hydrogens (tertiary/aromatic N) is 3. The van der Waals surface area contributed by atoms with E-state index in [-0.39, 0.29) is 17.4 Å². The van der Waals surface area contributed by atoms with Crippen LogP contribution in [0.3, 0.4) is 0 Å². The van der Waals surface area contributed by atoms with E-state index in [0.717, 1.165) is 30.6 Å². The van der Waals surface area contributed by atoms with Gasteiger partial charge in [-0.3, -0.25) is 20.2 Å². The average molecular weight is 483 g/mol. The first kappa shape index (κ1) is 23.6. The summed E-state index contributed by atoms with van der Waals surface area (Å²) < 4.78 is 5.96. The highest BCUT2D eigenvalue weighted by Crippen LogP contribution is 2.32. The van der Waals surface area contributed by atoms with Crippen molar-refractivity contribution in [3.8, 4) is 0 Å². The average Bonchev–Trinajstić information content (AvgIpc) is 3.20. The van der Waals surface area contributed by atoms with E-state index >= 15 is 0 Å². The number of amides is 1. The lowest BCUT2D eigenvalue weighted by atomic mass is 9.98. The summed E-state index contributed by atoms with van der Waals surface area (Å²) in [6, 6.07) is 9.41. The summed E-state index contributed by atoms with van der Waals surface area (Å²) in [6.07, 6.45) is 1.77. The van der Waals surface area contributed by atoms with E-state index in [1.54, 1.807) is 38.1 Å². The summed E-state index contributed by atoms with van der Waals surface area (Å²) in [5.41, 5.74) is 1.81. The van der Waals surface area contributed by atoms with Gasteiger partial charge in [-0.25, -0.2) is 9.78 Å². The maximum absolute atomic E-state index is 13.2. The molecule has 1 aliphatic rings. The predicted molar refractivity (Wildman–Crippen MR) is 132 cm³/mol. The molecule has 0 atom stereocenters. The summed E-state index contributed by atoms with van der Waals surface area (Å²) in [5, 5.41) is 14.5. The minimum absolute atomic E-state index is 0.142. The van der Waals surface area contributed by atoms with Crippen molar-refractivity contribution in [1.82, 2.24) is 4.98 Å². The summed E-state index contributed by atoms with van der Waals surface area (Å²) in [4.78, 5) is 42.8. The number of hydrogen-bond donors (Lipinski definition) is 1. The number of fused-ring (bicyclic) bond motifs is 1. The molecule has 1 aliphatic heterocycles. The molecule has 0 aliphatic carbocycles. The number of ether oxygens (including phenoxy) is 1. The minimum atomic E-state index is -0.506. The van der Waals surface area contributed by atoms with Crippen LogP contribution in [-0.2, 0) is 4.74 Å². The van der Waals surface area contributed by atoms with E-state index in [0.29, 0.717) is 27.8 Å². The highest BCUT2D eigenvalue weighted by molar-refractivity contribution is 7.22. The number of rotatable bonds is 6. The molecule has 1 aromatic heterocycles. The molecule has 10 heteroatoms. The van der Waals surface area contributed by atoms with E-state index in [4.69, 9.17) is 4.74 Å². The van der Waals surface area contributed by atoms with Gasteiger partial charge >= 0.3 is 5.97 Å². The second-order valence-corrected chi connectivity index (χ2v) is 9.77. The Morgan fingerprint density at radius 1 is 1.21 bits per heavy atom. The largest absolute Gasteiger partial charge is 0.459 e. The van der Waals surface area contributed by atoms with E-state index < -0.39 is 16.8 Å². The van der Waals surface area contributed by atoms with Crippen LogP contribution in [0, 0.1) is 16.0 Å². The summed E-state index contributed by atoms with van der Waals surface area (Å²) in [7, 11) is 0. The first-order valence-electron chi connectivity index (χ1n) is 11.2. The monoisotopic (exact) mass is 482 g/mol. The molecule has 1 saturated heterocycles. The number of carbonyl (C=O) groups is 2. The number of hydrogen-bond acceptors (Lipinski definition) is 8. The van der Waals surface area contributed by atoms with Gasteiger partial charge in [0, 0.05) is 25.2 Å². The fourth-order valence-corrected chi connectivity index (χ4v) is 4.80. The Balaban J connectivity index is 1.60. The van der Waals surface area contributed by atoms with Crippen molar-refractivity contribution in [2.24, 2.45) is 5.92 Å². The molecule has 178 valence electrons. The highest BCUT2D eigenvalue weighted by atomic mass is 32.1. The smallest absolute Gasteiger partial charge is 0.338 e. The van der Waals surface area contributed by atoms with Gasteiger partial charge in [-0.15, -0.1) is 0 Å². The van der Waals surface area contributed by atoms with Crippen LogP contribution in [0.5, 0.6) is 0 Å². The molecule has 0 unspecified atom stereocenters. The topological polar surface area (TPSA) is 115 Å². The van der Waals surface area contributed by atoms with E-state index in [2.05, 4.69) is 22.1 Å². The van der Waals surface area contributed by atoms with Crippen LogP contribution >= 0.6 is 11.3 Å². The molecular weight excluding hydrogens is 456 g/mol. The Kier molecular flexibility index (Phi) is 6.78. The number of nitro groups is 1. The Hall–Kier alpha value is -3.53. The van der Waals surface area contributed by atoms with Gasteiger partial charge in [-0.05, 0) is 56.9 Å². The number of anilines is 2. The molecule has 9 nitrogen and oxygen atoms in total. The molecule has 2 heterocycles. The van der Waals surface area contributed by atoms with Crippen LogP contribution in [0.15, 0.2) is 36.4 Å². The Morgan fingerprint density at radius 2 is 1.94 bits per heavy atom. The fraction of sp³-hybridized carbons (Fsp3) is 0.375. The molecule has 1 N–H and O–H groups in total. The lowest BCUT2D eigenvalue weighted by molar-refractivity contribution is -0.384. The Morgan fingerprint density at radius 3 is 2.62 bits per heavy atom. The third-order valence-electron chi connectivity index (χ3n) is 5.75. The van der Waals surface area contributed by atoms with Crippen LogP contribution in [0.4, 0.5) is 16.5 Å². The van der Waals surface area contributed by atoms with E-state index in [9.17, 15) is 19.7 Å². The molecular formula is C24H26N4O5S. The van der Waals surface area contributed by atoms with Crippen LogP contribution < -0.4 is 10.2 Å². The lowest BCUT2D eigenvalue weighted by Gasteiger charge is -2.33. The van der Waals surface area contributed by atoms with Crippen LogP contribution in [-0.4, -0.2) is 41.0 Å². The summed E-state index contributed by atoms with van der Waals surface area (Å²) in [5.74, 6) is -0.277. The minimum Gasteiger partial charge on any atom is -0.459 e. The van der Waals surface area contributed by atoms with Crippen molar-refractivity contribution >= 4 is 49.9 Å². The molecule has 0 spiro atoms.